The molecule has 4 nitrogen and oxygen atoms in total. The van der Waals surface area contributed by atoms with Crippen molar-refractivity contribution in [2.45, 2.75) is 124 Å². The molecule has 8 atom stereocenters. The predicted molar refractivity (Wildman–Crippen MR) is 140 cm³/mol. The van der Waals surface area contributed by atoms with E-state index in [9.17, 15) is 14.0 Å². The molecule has 4 aliphatic carbocycles. The lowest BCUT2D eigenvalue weighted by Crippen LogP contribution is -2.51. The number of allylic oxidation sites excluding steroid dienone is 3. The number of carbonyl (C=O) groups excluding carboxylic acids is 2. The van der Waals surface area contributed by atoms with Crippen LogP contribution in [0.25, 0.3) is 0 Å². The van der Waals surface area contributed by atoms with E-state index in [1.54, 1.807) is 5.57 Å². The Labute approximate surface area is 217 Å². The van der Waals surface area contributed by atoms with Gasteiger partial charge in [-0.1, -0.05) is 44.1 Å². The van der Waals surface area contributed by atoms with Gasteiger partial charge in [-0.3, -0.25) is 9.59 Å². The van der Waals surface area contributed by atoms with Crippen LogP contribution in [0.1, 0.15) is 106 Å². The van der Waals surface area contributed by atoms with Crippen LogP contribution in [0, 0.1) is 34.5 Å². The van der Waals surface area contributed by atoms with Crippen molar-refractivity contribution in [3.05, 3.63) is 23.3 Å². The summed E-state index contributed by atoms with van der Waals surface area (Å²) in [5.74, 6) is 1.40. The number of esters is 2. The Balaban J connectivity index is 1.52. The first-order valence-corrected chi connectivity index (χ1v) is 14.2. The summed E-state index contributed by atoms with van der Waals surface area (Å²) >= 11 is 0. The smallest absolute Gasteiger partial charge is 0.303 e. The fourth-order valence-electron chi connectivity index (χ4n) is 8.75. The molecule has 0 aromatic carbocycles. The second kappa shape index (κ2) is 9.91. The summed E-state index contributed by atoms with van der Waals surface area (Å²) in [4.78, 5) is 23.5. The first-order valence-electron chi connectivity index (χ1n) is 14.2. The fourth-order valence-corrected chi connectivity index (χ4v) is 8.75. The summed E-state index contributed by atoms with van der Waals surface area (Å²) in [6.45, 7) is 13.1. The summed E-state index contributed by atoms with van der Waals surface area (Å²) in [5.41, 5.74) is 1.62. The van der Waals surface area contributed by atoms with Gasteiger partial charge in [0.25, 0.3) is 0 Å². The van der Waals surface area contributed by atoms with Gasteiger partial charge in [0.1, 0.15) is 17.9 Å². The number of fused-ring (bicyclic) bond motifs is 5. The van der Waals surface area contributed by atoms with Crippen LogP contribution in [0.3, 0.4) is 0 Å². The molecule has 3 saturated carbocycles. The highest BCUT2D eigenvalue weighted by Crippen LogP contribution is 2.66. The molecule has 5 heteroatoms. The summed E-state index contributed by atoms with van der Waals surface area (Å²) in [6, 6.07) is 0. The van der Waals surface area contributed by atoms with E-state index in [-0.39, 0.29) is 22.9 Å². The predicted octanol–water partition coefficient (Wildman–Crippen LogP) is 7.51. The second-order valence-electron chi connectivity index (χ2n) is 13.2. The number of hydrogen-bond acceptors (Lipinski definition) is 4. The average molecular weight is 503 g/mol. The first kappa shape index (κ1) is 27.4. The summed E-state index contributed by atoms with van der Waals surface area (Å²) in [7, 11) is 0. The molecule has 3 fully saturated rings. The number of hydrogen-bond donors (Lipinski definition) is 0. The van der Waals surface area contributed by atoms with Crippen LogP contribution in [-0.2, 0) is 19.1 Å². The largest absolute Gasteiger partial charge is 0.462 e. The monoisotopic (exact) mass is 502 g/mol. The molecule has 0 bridgehead atoms. The molecule has 0 spiro atoms. The van der Waals surface area contributed by atoms with Gasteiger partial charge in [0.15, 0.2) is 0 Å². The van der Waals surface area contributed by atoms with Gasteiger partial charge in [0, 0.05) is 19.3 Å². The van der Waals surface area contributed by atoms with Crippen LogP contribution < -0.4 is 0 Å². The molecule has 0 aromatic rings. The Morgan fingerprint density at radius 1 is 1.06 bits per heavy atom. The van der Waals surface area contributed by atoms with Crippen molar-refractivity contribution in [1.82, 2.24) is 0 Å². The molecular weight excluding hydrogens is 455 g/mol. The minimum Gasteiger partial charge on any atom is -0.462 e. The number of halogens is 1. The van der Waals surface area contributed by atoms with Gasteiger partial charge in [0.05, 0.1) is 0 Å². The molecule has 0 amide bonds. The second-order valence-corrected chi connectivity index (χ2v) is 13.2. The average Bonchev–Trinajstić information content (AvgIpc) is 3.13. The lowest BCUT2D eigenvalue weighted by molar-refractivity contribution is -0.156. The van der Waals surface area contributed by atoms with Crippen molar-refractivity contribution < 1.29 is 23.5 Å². The Morgan fingerprint density at radius 2 is 1.78 bits per heavy atom. The molecule has 1 unspecified atom stereocenters. The molecule has 202 valence electrons. The zero-order valence-electron chi connectivity index (χ0n) is 23.5. The standard InChI is InChI=1S/C31H47FO4/c1-19(11-16-27(29(4,5)32)35-20(2)33)24-14-15-25-23-13-12-22-9-8-10-28(36-21(3)34)31(22,7)26(23)17-18-30(24,25)6/h12-13,19,24-28H,8-11,14-18H2,1-7H3/t19-,24-,25+,26+,27?,28+,30-,31+/m1/s1. The fraction of sp³-hybridized carbons (Fsp3) is 0.806. The van der Waals surface area contributed by atoms with E-state index in [0.717, 1.165) is 32.1 Å². The summed E-state index contributed by atoms with van der Waals surface area (Å²) < 4.78 is 26.0. The molecule has 0 heterocycles. The Bertz CT molecular complexity index is 929. The SMILES string of the molecule is CC(=O)OC(CC[C@@H](C)[C@H]1CC[C@H]2C3=CC=C4CCC[C@H](OC(C)=O)[C@]4(C)[C@H]3CC[C@]12C)C(C)(C)F. The number of alkyl halides is 1. The quantitative estimate of drug-likeness (QED) is 0.338. The van der Waals surface area contributed by atoms with Crippen LogP contribution in [0.15, 0.2) is 23.3 Å². The molecule has 0 saturated heterocycles. The first-order chi connectivity index (χ1) is 16.8. The van der Waals surface area contributed by atoms with E-state index in [1.165, 1.54) is 52.5 Å². The van der Waals surface area contributed by atoms with Gasteiger partial charge in [-0.25, -0.2) is 4.39 Å². The van der Waals surface area contributed by atoms with E-state index in [4.69, 9.17) is 9.47 Å². The Hall–Kier alpha value is -1.65. The number of ether oxygens (including phenoxy) is 2. The summed E-state index contributed by atoms with van der Waals surface area (Å²) in [6.07, 6.45) is 13.3. The molecule has 0 aliphatic heterocycles. The van der Waals surface area contributed by atoms with E-state index in [1.807, 2.05) is 0 Å². The van der Waals surface area contributed by atoms with Gasteiger partial charge >= 0.3 is 11.9 Å². The number of rotatable bonds is 7. The van der Waals surface area contributed by atoms with Crippen molar-refractivity contribution >= 4 is 11.9 Å². The Kier molecular flexibility index (Phi) is 7.54. The van der Waals surface area contributed by atoms with Gasteiger partial charge in [0.2, 0.25) is 0 Å². The van der Waals surface area contributed by atoms with Crippen LogP contribution in [-0.4, -0.2) is 29.8 Å². The highest BCUT2D eigenvalue weighted by atomic mass is 19.1. The maximum Gasteiger partial charge on any atom is 0.303 e. The van der Waals surface area contributed by atoms with E-state index >= 15 is 0 Å². The highest BCUT2D eigenvalue weighted by Gasteiger charge is 2.59. The zero-order valence-corrected chi connectivity index (χ0v) is 23.5. The molecule has 36 heavy (non-hydrogen) atoms. The zero-order chi connectivity index (χ0) is 26.5. The van der Waals surface area contributed by atoms with Crippen molar-refractivity contribution in [3.63, 3.8) is 0 Å². The lowest BCUT2D eigenvalue weighted by Gasteiger charge is -2.56. The molecule has 0 radical (unpaired) electrons. The van der Waals surface area contributed by atoms with Gasteiger partial charge in [-0.15, -0.1) is 0 Å². The van der Waals surface area contributed by atoms with E-state index in [2.05, 4.69) is 32.9 Å². The van der Waals surface area contributed by atoms with Crippen molar-refractivity contribution in [2.24, 2.45) is 34.5 Å². The van der Waals surface area contributed by atoms with Gasteiger partial charge in [-0.2, -0.15) is 0 Å². The minimum absolute atomic E-state index is 0.0357. The van der Waals surface area contributed by atoms with Crippen molar-refractivity contribution in [2.75, 3.05) is 0 Å². The molecular formula is C31H47FO4. The lowest BCUT2D eigenvalue weighted by atomic mass is 9.49. The van der Waals surface area contributed by atoms with Crippen molar-refractivity contribution in [3.8, 4) is 0 Å². The van der Waals surface area contributed by atoms with Crippen LogP contribution in [0.4, 0.5) is 4.39 Å². The van der Waals surface area contributed by atoms with Gasteiger partial charge < -0.3 is 9.47 Å². The third-order valence-electron chi connectivity index (χ3n) is 10.6. The van der Waals surface area contributed by atoms with Crippen LogP contribution >= 0.6 is 0 Å². The third-order valence-corrected chi connectivity index (χ3v) is 10.6. The Morgan fingerprint density at radius 3 is 2.42 bits per heavy atom. The molecule has 4 rings (SSSR count). The van der Waals surface area contributed by atoms with E-state index in [0.29, 0.717) is 30.1 Å². The van der Waals surface area contributed by atoms with Crippen LogP contribution in [0.2, 0.25) is 0 Å². The molecule has 0 aromatic heterocycles. The molecule has 0 N–H and O–H groups in total. The van der Waals surface area contributed by atoms with Gasteiger partial charge in [-0.05, 0) is 101 Å². The number of carbonyl (C=O) groups is 2. The highest BCUT2D eigenvalue weighted by molar-refractivity contribution is 5.66. The summed E-state index contributed by atoms with van der Waals surface area (Å²) in [5, 5.41) is 0. The maximum absolute atomic E-state index is 14.7. The normalized spacial score (nSPS) is 37.4. The maximum atomic E-state index is 14.7. The van der Waals surface area contributed by atoms with E-state index < -0.39 is 17.7 Å². The topological polar surface area (TPSA) is 52.6 Å². The third kappa shape index (κ3) is 4.80. The minimum atomic E-state index is -1.55. The van der Waals surface area contributed by atoms with Crippen molar-refractivity contribution in [1.29, 1.82) is 0 Å². The molecule has 4 aliphatic rings. The van der Waals surface area contributed by atoms with Crippen LogP contribution in [0.5, 0.6) is 0 Å².